The van der Waals surface area contributed by atoms with Crippen LogP contribution in [0.25, 0.3) is 0 Å². The van der Waals surface area contributed by atoms with Gasteiger partial charge in [-0.2, -0.15) is 13.2 Å². The smallest absolute Gasteiger partial charge is 0.446 e. The molecule has 4 N–H and O–H groups in total. The summed E-state index contributed by atoms with van der Waals surface area (Å²) in [5.74, 6) is -0.555. The van der Waals surface area contributed by atoms with Gasteiger partial charge in [0.25, 0.3) is 5.91 Å². The van der Waals surface area contributed by atoms with Crippen molar-refractivity contribution < 1.29 is 52.3 Å². The predicted octanol–water partition coefficient (Wildman–Crippen LogP) is 1.99. The molecule has 0 unspecified atom stereocenters. The van der Waals surface area contributed by atoms with Crippen LogP contribution in [-0.4, -0.2) is 81.9 Å². The summed E-state index contributed by atoms with van der Waals surface area (Å²) in [6.45, 7) is 2.02. The standard InChI is InChI=1S/C29H32N2O7.C2HF3O/c1-16(30-26(34)23(33)17-6-4-3-5-7-17)27(35)37-20-10-11-29(36)21-14-18-8-9-19(15-32)24-22(18)28(29,25(20)38-24)12-13-31(21)2;3-2(4,5)1-6/h3-10,16,21,23,25,32-33,36H,11-15H2,1-2H3,(H,30,34);1H/t16-,21+,23-,25-,28-,29+;/m0./s1. The SMILES string of the molecule is C[C@H](NC(=O)[C@@H](O)c1ccccc1)C(=O)OC1=CC[C@@]2(O)[C@H]3Cc4ccc(CO)c5c4[C@@]2(CCN3C)[C@H]1O5.O=CC(F)(F)F. The van der Waals surface area contributed by atoms with Crippen molar-refractivity contribution in [1.82, 2.24) is 10.2 Å². The van der Waals surface area contributed by atoms with E-state index in [4.69, 9.17) is 14.3 Å². The molecule has 13 heteroatoms. The number of carbonyl (C=O) groups is 3. The number of carbonyl (C=O) groups excluding carboxylic acids is 3. The second-order valence-corrected chi connectivity index (χ2v) is 11.5. The Hall–Kier alpha value is -3.78. The van der Waals surface area contributed by atoms with Crippen molar-refractivity contribution in [3.05, 3.63) is 76.6 Å². The van der Waals surface area contributed by atoms with E-state index >= 15 is 0 Å². The number of esters is 1. The zero-order chi connectivity index (χ0) is 32.0. The molecule has 2 aliphatic carbocycles. The number of amides is 1. The van der Waals surface area contributed by atoms with Crippen molar-refractivity contribution in [2.45, 2.75) is 74.3 Å². The molecule has 236 valence electrons. The van der Waals surface area contributed by atoms with Crippen LogP contribution in [0.4, 0.5) is 13.2 Å². The van der Waals surface area contributed by atoms with E-state index in [2.05, 4.69) is 10.2 Å². The average molecular weight is 619 g/mol. The fraction of sp³-hybridized carbons (Fsp3) is 0.452. The molecule has 6 atom stereocenters. The molecule has 2 aliphatic heterocycles. The van der Waals surface area contributed by atoms with Crippen molar-refractivity contribution in [1.29, 1.82) is 0 Å². The summed E-state index contributed by atoms with van der Waals surface area (Å²) in [5.41, 5.74) is 1.08. The number of nitrogens with one attached hydrogen (secondary N) is 1. The van der Waals surface area contributed by atoms with Crippen LogP contribution in [0, 0.1) is 0 Å². The lowest BCUT2D eigenvalue weighted by atomic mass is 9.50. The van der Waals surface area contributed by atoms with Gasteiger partial charge in [-0.25, -0.2) is 4.79 Å². The lowest BCUT2D eigenvalue weighted by Crippen LogP contribution is -2.74. The number of hydrogen-bond acceptors (Lipinski definition) is 9. The molecular formula is C31H33F3N2O8. The predicted molar refractivity (Wildman–Crippen MR) is 148 cm³/mol. The first-order valence-corrected chi connectivity index (χ1v) is 14.1. The summed E-state index contributed by atoms with van der Waals surface area (Å²) < 4.78 is 43.6. The van der Waals surface area contributed by atoms with Gasteiger partial charge in [0.1, 0.15) is 17.6 Å². The fourth-order valence-corrected chi connectivity index (χ4v) is 6.97. The number of aliphatic hydroxyl groups is 3. The van der Waals surface area contributed by atoms with Crippen molar-refractivity contribution >= 4 is 18.2 Å². The third-order valence-electron chi connectivity index (χ3n) is 9.05. The number of aldehydes is 1. The van der Waals surface area contributed by atoms with Crippen LogP contribution in [0.1, 0.15) is 48.1 Å². The van der Waals surface area contributed by atoms with E-state index in [1.54, 1.807) is 36.4 Å². The largest absolute Gasteiger partial charge is 0.481 e. The Labute approximate surface area is 251 Å². The molecule has 0 saturated carbocycles. The molecular weight excluding hydrogens is 585 g/mol. The minimum absolute atomic E-state index is 0.132. The molecule has 10 nitrogen and oxygen atoms in total. The number of ether oxygens (including phenoxy) is 2. The molecule has 1 fully saturated rings. The van der Waals surface area contributed by atoms with E-state index in [1.165, 1.54) is 6.92 Å². The number of nitrogens with zero attached hydrogens (tertiary/aromatic N) is 1. The Morgan fingerprint density at radius 2 is 1.91 bits per heavy atom. The topological polar surface area (TPSA) is 146 Å². The highest BCUT2D eigenvalue weighted by atomic mass is 19.4. The first-order valence-electron chi connectivity index (χ1n) is 14.1. The second kappa shape index (κ2) is 11.6. The lowest BCUT2D eigenvalue weighted by molar-refractivity contribution is -0.170. The summed E-state index contributed by atoms with van der Waals surface area (Å²) in [6.07, 6.45) is -4.62. The number of likely N-dealkylation sites (tertiary alicyclic amines) is 1. The van der Waals surface area contributed by atoms with Crippen molar-refractivity contribution in [2.24, 2.45) is 0 Å². The van der Waals surface area contributed by atoms with Crippen LogP contribution < -0.4 is 10.1 Å². The Morgan fingerprint density at radius 1 is 1.23 bits per heavy atom. The van der Waals surface area contributed by atoms with Crippen LogP contribution in [0.2, 0.25) is 0 Å². The highest BCUT2D eigenvalue weighted by Gasteiger charge is 2.71. The second-order valence-electron chi connectivity index (χ2n) is 11.5. The first kappa shape index (κ1) is 31.6. The van der Waals surface area contributed by atoms with Crippen molar-refractivity contribution in [2.75, 3.05) is 13.6 Å². The van der Waals surface area contributed by atoms with E-state index in [1.807, 2.05) is 19.2 Å². The van der Waals surface area contributed by atoms with E-state index < -0.39 is 53.6 Å². The van der Waals surface area contributed by atoms with Gasteiger partial charge in [0, 0.05) is 23.6 Å². The molecule has 6 rings (SSSR count). The molecule has 1 saturated heterocycles. The van der Waals surface area contributed by atoms with Crippen molar-refractivity contribution in [3.8, 4) is 5.75 Å². The molecule has 2 aromatic rings. The maximum absolute atomic E-state index is 13.1. The monoisotopic (exact) mass is 618 g/mol. The average Bonchev–Trinajstić information content (AvgIpc) is 3.36. The highest BCUT2D eigenvalue weighted by molar-refractivity contribution is 5.87. The molecule has 1 amide bonds. The van der Waals surface area contributed by atoms with E-state index in [9.17, 15) is 38.1 Å². The number of alkyl halides is 3. The number of rotatable bonds is 6. The van der Waals surface area contributed by atoms with Gasteiger partial charge < -0.3 is 35.0 Å². The van der Waals surface area contributed by atoms with Crippen LogP contribution in [0.5, 0.6) is 5.75 Å². The molecule has 44 heavy (non-hydrogen) atoms. The maximum Gasteiger partial charge on any atom is 0.446 e. The third-order valence-corrected chi connectivity index (χ3v) is 9.05. The molecule has 0 radical (unpaired) electrons. The zero-order valence-electron chi connectivity index (χ0n) is 24.0. The van der Waals surface area contributed by atoms with Gasteiger partial charge in [0.05, 0.1) is 17.6 Å². The highest BCUT2D eigenvalue weighted by Crippen LogP contribution is 2.64. The molecule has 0 aromatic heterocycles. The minimum Gasteiger partial charge on any atom is -0.481 e. The molecule has 4 aliphatic rings. The Morgan fingerprint density at radius 3 is 2.55 bits per heavy atom. The summed E-state index contributed by atoms with van der Waals surface area (Å²) in [6, 6.07) is 11.2. The van der Waals surface area contributed by atoms with Gasteiger partial charge in [-0.15, -0.1) is 0 Å². The first-order chi connectivity index (χ1) is 20.8. The van der Waals surface area contributed by atoms with Gasteiger partial charge in [-0.3, -0.25) is 9.59 Å². The van der Waals surface area contributed by atoms with Crippen LogP contribution >= 0.6 is 0 Å². The maximum atomic E-state index is 13.1. The van der Waals surface area contributed by atoms with Crippen LogP contribution in [-0.2, 0) is 37.6 Å². The van der Waals surface area contributed by atoms with Gasteiger partial charge in [-0.05, 0) is 50.6 Å². The Balaban J connectivity index is 0.000000584. The summed E-state index contributed by atoms with van der Waals surface area (Å²) in [7, 11) is 2.02. The number of aliphatic hydroxyl groups excluding tert-OH is 2. The van der Waals surface area contributed by atoms with Crippen molar-refractivity contribution in [3.63, 3.8) is 0 Å². The number of halogens is 3. The van der Waals surface area contributed by atoms with Gasteiger partial charge >= 0.3 is 12.1 Å². The summed E-state index contributed by atoms with van der Waals surface area (Å²) >= 11 is 0. The minimum atomic E-state index is -4.64. The molecule has 1 spiro atoms. The number of piperidine rings is 1. The number of hydrogen-bond donors (Lipinski definition) is 4. The molecule has 2 heterocycles. The fourth-order valence-electron chi connectivity index (χ4n) is 6.97. The quantitative estimate of drug-likeness (QED) is 0.282. The van der Waals surface area contributed by atoms with Gasteiger partial charge in [-0.1, -0.05) is 42.5 Å². The Kier molecular flexibility index (Phi) is 8.35. The van der Waals surface area contributed by atoms with E-state index in [0.717, 1.165) is 17.7 Å². The van der Waals surface area contributed by atoms with E-state index in [0.29, 0.717) is 35.5 Å². The normalized spacial score (nSPS) is 27.8. The third kappa shape index (κ3) is 5.17. The van der Waals surface area contributed by atoms with Crippen LogP contribution in [0.3, 0.4) is 0 Å². The lowest BCUT2D eigenvalue weighted by Gasteiger charge is -2.61. The van der Waals surface area contributed by atoms with Gasteiger partial charge in [0.2, 0.25) is 6.29 Å². The zero-order valence-corrected chi connectivity index (χ0v) is 24.0. The number of likely N-dealkylation sites (N-methyl/N-ethyl adjacent to an activating group) is 1. The van der Waals surface area contributed by atoms with E-state index in [-0.39, 0.29) is 19.1 Å². The Bertz CT molecular complexity index is 1480. The number of benzene rings is 2. The summed E-state index contributed by atoms with van der Waals surface area (Å²) in [4.78, 5) is 36.6. The molecule has 2 aromatic carbocycles. The summed E-state index contributed by atoms with van der Waals surface area (Å²) in [5, 5.41) is 35.2. The van der Waals surface area contributed by atoms with Gasteiger partial charge in [0.15, 0.2) is 12.2 Å². The van der Waals surface area contributed by atoms with Crippen LogP contribution in [0.15, 0.2) is 54.3 Å². The molecule has 2 bridgehead atoms.